The van der Waals surface area contributed by atoms with Gasteiger partial charge in [0.2, 0.25) is 0 Å². The lowest BCUT2D eigenvalue weighted by molar-refractivity contribution is -0.147. The number of esters is 1. The van der Waals surface area contributed by atoms with Crippen molar-refractivity contribution in [3.8, 4) is 0 Å². The quantitative estimate of drug-likeness (QED) is 0.466. The first-order valence-electron chi connectivity index (χ1n) is 4.52. The Hall–Kier alpha value is -0.790. The molecular formula is C10H16O2. The van der Waals surface area contributed by atoms with Crippen molar-refractivity contribution in [2.45, 2.75) is 26.2 Å². The lowest BCUT2D eigenvalue weighted by atomic mass is 9.81. The minimum Gasteiger partial charge on any atom is -0.469 e. The van der Waals surface area contributed by atoms with Crippen LogP contribution < -0.4 is 0 Å². The monoisotopic (exact) mass is 168 g/mol. The summed E-state index contributed by atoms with van der Waals surface area (Å²) in [6.07, 6.45) is 7.17. The van der Waals surface area contributed by atoms with Crippen LogP contribution >= 0.6 is 0 Å². The zero-order valence-electron chi connectivity index (χ0n) is 7.75. The number of rotatable bonds is 2. The van der Waals surface area contributed by atoms with Crippen LogP contribution in [0, 0.1) is 11.8 Å². The van der Waals surface area contributed by atoms with Crippen LogP contribution in [0.4, 0.5) is 0 Å². The molecule has 68 valence electrons. The van der Waals surface area contributed by atoms with E-state index < -0.39 is 0 Å². The van der Waals surface area contributed by atoms with Crippen LogP contribution in [0.25, 0.3) is 0 Å². The highest BCUT2D eigenvalue weighted by Crippen LogP contribution is 2.28. The molecule has 0 N–H and O–H groups in total. The minimum atomic E-state index is -0.0498. The molecule has 1 aliphatic carbocycles. The van der Waals surface area contributed by atoms with E-state index in [0.29, 0.717) is 5.92 Å². The van der Waals surface area contributed by atoms with E-state index in [1.165, 1.54) is 7.11 Å². The van der Waals surface area contributed by atoms with Crippen molar-refractivity contribution in [3.63, 3.8) is 0 Å². The average molecular weight is 168 g/mol. The Morgan fingerprint density at radius 2 is 2.17 bits per heavy atom. The van der Waals surface area contributed by atoms with Crippen molar-refractivity contribution in [3.05, 3.63) is 12.2 Å². The molecule has 0 aromatic heterocycles. The second-order valence-corrected chi connectivity index (χ2v) is 3.24. The molecule has 1 aliphatic rings. The minimum absolute atomic E-state index is 0.0498. The number of hydrogen-bond acceptors (Lipinski definition) is 2. The lowest BCUT2D eigenvalue weighted by Crippen LogP contribution is -2.25. The smallest absolute Gasteiger partial charge is 0.309 e. The second kappa shape index (κ2) is 4.29. The molecule has 0 radical (unpaired) electrons. The molecular weight excluding hydrogens is 152 g/mol. The molecule has 0 saturated carbocycles. The van der Waals surface area contributed by atoms with Gasteiger partial charge >= 0.3 is 5.97 Å². The molecule has 0 spiro atoms. The number of methoxy groups -OCH3 is 1. The summed E-state index contributed by atoms with van der Waals surface area (Å²) >= 11 is 0. The van der Waals surface area contributed by atoms with Gasteiger partial charge in [-0.15, -0.1) is 0 Å². The van der Waals surface area contributed by atoms with Crippen molar-refractivity contribution in [2.24, 2.45) is 11.8 Å². The van der Waals surface area contributed by atoms with E-state index in [-0.39, 0.29) is 11.9 Å². The highest BCUT2D eigenvalue weighted by atomic mass is 16.5. The highest BCUT2D eigenvalue weighted by Gasteiger charge is 2.27. The van der Waals surface area contributed by atoms with Crippen LogP contribution in [0.2, 0.25) is 0 Å². The molecule has 0 aromatic rings. The normalized spacial score (nSPS) is 28.5. The summed E-state index contributed by atoms with van der Waals surface area (Å²) in [5, 5.41) is 0. The van der Waals surface area contributed by atoms with E-state index in [1.807, 2.05) is 0 Å². The fraction of sp³-hybridized carbons (Fsp3) is 0.700. The summed E-state index contributed by atoms with van der Waals surface area (Å²) < 4.78 is 4.75. The Morgan fingerprint density at radius 1 is 1.50 bits per heavy atom. The van der Waals surface area contributed by atoms with Gasteiger partial charge in [-0.2, -0.15) is 0 Å². The predicted octanol–water partition coefficient (Wildman–Crippen LogP) is 2.15. The molecule has 2 nitrogen and oxygen atoms in total. The molecule has 0 heterocycles. The molecule has 1 rings (SSSR count). The van der Waals surface area contributed by atoms with Gasteiger partial charge < -0.3 is 4.74 Å². The number of allylic oxidation sites excluding steroid dienone is 2. The first-order chi connectivity index (χ1) is 5.79. The van der Waals surface area contributed by atoms with Crippen LogP contribution in [0.15, 0.2) is 12.2 Å². The van der Waals surface area contributed by atoms with E-state index in [9.17, 15) is 4.79 Å². The number of carbonyl (C=O) groups excluding carboxylic acids is 1. The Kier molecular flexibility index (Phi) is 3.32. The molecule has 0 aliphatic heterocycles. The fourth-order valence-corrected chi connectivity index (χ4v) is 1.76. The summed E-state index contributed by atoms with van der Waals surface area (Å²) in [4.78, 5) is 11.3. The molecule has 0 bridgehead atoms. The lowest BCUT2D eigenvalue weighted by Gasteiger charge is -2.24. The molecule has 12 heavy (non-hydrogen) atoms. The van der Waals surface area contributed by atoms with E-state index in [2.05, 4.69) is 19.1 Å². The van der Waals surface area contributed by atoms with Crippen LogP contribution in [-0.4, -0.2) is 13.1 Å². The van der Waals surface area contributed by atoms with Gasteiger partial charge in [0, 0.05) is 0 Å². The zero-order valence-corrected chi connectivity index (χ0v) is 7.75. The molecule has 0 amide bonds. The largest absolute Gasteiger partial charge is 0.469 e. The molecule has 0 saturated heterocycles. The van der Waals surface area contributed by atoms with Crippen LogP contribution in [0.5, 0.6) is 0 Å². The topological polar surface area (TPSA) is 26.3 Å². The van der Waals surface area contributed by atoms with Crippen molar-refractivity contribution in [1.82, 2.24) is 0 Å². The maximum atomic E-state index is 11.3. The van der Waals surface area contributed by atoms with Gasteiger partial charge in [0.15, 0.2) is 0 Å². The van der Waals surface area contributed by atoms with Crippen LogP contribution in [0.3, 0.4) is 0 Å². The molecule has 2 atom stereocenters. The summed E-state index contributed by atoms with van der Waals surface area (Å²) in [6.45, 7) is 2.12. The standard InChI is InChI=1S/C10H16O2/c1-3-8-6-4-5-7-9(8)10(11)12-2/h4-5,8-9H,3,6-7H2,1-2H3/t8-,9+/m1/s1. The van der Waals surface area contributed by atoms with Gasteiger partial charge in [-0.05, 0) is 18.8 Å². The number of ether oxygens (including phenoxy) is 1. The highest BCUT2D eigenvalue weighted by molar-refractivity contribution is 5.73. The first kappa shape index (κ1) is 9.30. The molecule has 2 heteroatoms. The summed E-state index contributed by atoms with van der Waals surface area (Å²) in [5.74, 6) is 0.540. The van der Waals surface area contributed by atoms with Gasteiger partial charge in [0.25, 0.3) is 0 Å². The van der Waals surface area contributed by atoms with Gasteiger partial charge in [0.1, 0.15) is 0 Å². The zero-order chi connectivity index (χ0) is 8.97. The fourth-order valence-electron chi connectivity index (χ4n) is 1.76. The Bertz CT molecular complexity index is 184. The first-order valence-corrected chi connectivity index (χ1v) is 4.52. The third-order valence-electron chi connectivity index (χ3n) is 2.59. The number of hydrogen-bond donors (Lipinski definition) is 0. The van der Waals surface area contributed by atoms with Crippen LogP contribution in [-0.2, 0) is 9.53 Å². The maximum absolute atomic E-state index is 11.3. The maximum Gasteiger partial charge on any atom is 0.309 e. The van der Waals surface area contributed by atoms with Crippen molar-refractivity contribution >= 4 is 5.97 Å². The predicted molar refractivity (Wildman–Crippen MR) is 47.7 cm³/mol. The SMILES string of the molecule is CC[C@@H]1CC=CC[C@@H]1C(=O)OC. The summed E-state index contributed by atoms with van der Waals surface area (Å²) in [6, 6.07) is 0. The Balaban J connectivity index is 2.60. The molecule has 0 aromatic carbocycles. The van der Waals surface area contributed by atoms with E-state index in [0.717, 1.165) is 19.3 Å². The van der Waals surface area contributed by atoms with Crippen molar-refractivity contribution < 1.29 is 9.53 Å². The van der Waals surface area contributed by atoms with Gasteiger partial charge in [-0.1, -0.05) is 25.5 Å². The van der Waals surface area contributed by atoms with Crippen molar-refractivity contribution in [1.29, 1.82) is 0 Å². The average Bonchev–Trinajstić information content (AvgIpc) is 2.16. The molecule has 0 unspecified atom stereocenters. The summed E-state index contributed by atoms with van der Waals surface area (Å²) in [7, 11) is 1.47. The van der Waals surface area contributed by atoms with E-state index >= 15 is 0 Å². The second-order valence-electron chi connectivity index (χ2n) is 3.24. The van der Waals surface area contributed by atoms with Gasteiger partial charge in [-0.25, -0.2) is 0 Å². The van der Waals surface area contributed by atoms with Crippen molar-refractivity contribution in [2.75, 3.05) is 7.11 Å². The molecule has 0 fully saturated rings. The van der Waals surface area contributed by atoms with E-state index in [4.69, 9.17) is 4.74 Å². The third kappa shape index (κ3) is 1.87. The van der Waals surface area contributed by atoms with E-state index in [1.54, 1.807) is 0 Å². The summed E-state index contributed by atoms with van der Waals surface area (Å²) in [5.41, 5.74) is 0. The number of carbonyl (C=O) groups is 1. The Morgan fingerprint density at radius 3 is 2.75 bits per heavy atom. The van der Waals surface area contributed by atoms with Gasteiger partial charge in [0.05, 0.1) is 13.0 Å². The third-order valence-corrected chi connectivity index (χ3v) is 2.59. The van der Waals surface area contributed by atoms with Gasteiger partial charge in [-0.3, -0.25) is 4.79 Å². The Labute approximate surface area is 73.6 Å². The van der Waals surface area contributed by atoms with Crippen LogP contribution in [0.1, 0.15) is 26.2 Å².